The van der Waals surface area contributed by atoms with Crippen molar-refractivity contribution >= 4 is 34.6 Å². The molecule has 0 saturated heterocycles. The summed E-state index contributed by atoms with van der Waals surface area (Å²) in [6.07, 6.45) is 1.54. The Bertz CT molecular complexity index is 628. The van der Waals surface area contributed by atoms with Gasteiger partial charge in [0.15, 0.2) is 5.82 Å². The Kier molecular flexibility index (Phi) is 3.87. The van der Waals surface area contributed by atoms with Crippen LogP contribution in [-0.4, -0.2) is 19.7 Å². The second-order valence-electron chi connectivity index (χ2n) is 3.73. The van der Waals surface area contributed by atoms with E-state index >= 15 is 0 Å². The van der Waals surface area contributed by atoms with Gasteiger partial charge in [-0.3, -0.25) is 14.8 Å². The van der Waals surface area contributed by atoms with E-state index in [9.17, 15) is 10.1 Å². The normalized spacial score (nSPS) is 10.5. The molecule has 0 aliphatic rings. The molecule has 2 rings (SSSR count). The average Bonchev–Trinajstić information content (AvgIpc) is 2.76. The second-order valence-corrected chi connectivity index (χ2v) is 4.54. The van der Waals surface area contributed by atoms with E-state index in [2.05, 4.69) is 15.4 Å². The smallest absolute Gasteiger partial charge is 0.293 e. The number of aromatic nitrogens is 3. The second kappa shape index (κ2) is 5.41. The minimum atomic E-state index is -0.531. The summed E-state index contributed by atoms with van der Waals surface area (Å²) < 4.78 is 1.54. The highest BCUT2D eigenvalue weighted by molar-refractivity contribution is 6.42. The molecule has 100 valence electrons. The Morgan fingerprint density at radius 1 is 1.42 bits per heavy atom. The van der Waals surface area contributed by atoms with Crippen molar-refractivity contribution in [3.05, 3.63) is 44.4 Å². The molecule has 0 saturated carbocycles. The molecule has 1 aromatic heterocycles. The molecule has 1 N–H and O–H groups in total. The van der Waals surface area contributed by atoms with Crippen molar-refractivity contribution in [3.8, 4) is 0 Å². The molecule has 0 aliphatic heterocycles. The first-order valence-corrected chi connectivity index (χ1v) is 5.95. The molecule has 0 atom stereocenters. The van der Waals surface area contributed by atoms with Crippen LogP contribution in [0.15, 0.2) is 18.5 Å². The van der Waals surface area contributed by atoms with Crippen molar-refractivity contribution in [2.24, 2.45) is 7.05 Å². The highest BCUT2D eigenvalue weighted by Crippen LogP contribution is 2.34. The quantitative estimate of drug-likeness (QED) is 0.693. The first-order valence-electron chi connectivity index (χ1n) is 5.19. The minimum Gasteiger partial charge on any atom is -0.372 e. The lowest BCUT2D eigenvalue weighted by Crippen LogP contribution is -2.05. The van der Waals surface area contributed by atoms with Crippen molar-refractivity contribution in [1.82, 2.24) is 14.8 Å². The standard InChI is InChI=1S/C10H9Cl2N5O2/c1-16-5-14-10(15-16)4-13-8-2-6(11)7(12)3-9(8)17(18)19/h2-3,5,13H,4H2,1H3. The van der Waals surface area contributed by atoms with E-state index in [-0.39, 0.29) is 28.0 Å². The van der Waals surface area contributed by atoms with Gasteiger partial charge in [0.25, 0.3) is 5.69 Å². The van der Waals surface area contributed by atoms with Gasteiger partial charge in [-0.15, -0.1) is 0 Å². The number of anilines is 1. The summed E-state index contributed by atoms with van der Waals surface area (Å²) in [7, 11) is 1.73. The molecule has 0 bridgehead atoms. The predicted molar refractivity (Wildman–Crippen MR) is 71.4 cm³/mol. The SMILES string of the molecule is Cn1cnc(CNc2cc(Cl)c(Cl)cc2[N+](=O)[O-])n1. The summed E-state index contributed by atoms with van der Waals surface area (Å²) in [5, 5.41) is 18.2. The number of aryl methyl sites for hydroxylation is 1. The fourth-order valence-corrected chi connectivity index (χ4v) is 1.79. The first-order chi connectivity index (χ1) is 8.97. The Hall–Kier alpha value is -1.86. The van der Waals surface area contributed by atoms with Crippen molar-refractivity contribution in [1.29, 1.82) is 0 Å². The number of benzene rings is 1. The topological polar surface area (TPSA) is 85.9 Å². The van der Waals surface area contributed by atoms with Gasteiger partial charge in [-0.2, -0.15) is 5.10 Å². The maximum atomic E-state index is 10.9. The van der Waals surface area contributed by atoms with Crippen molar-refractivity contribution in [2.45, 2.75) is 6.54 Å². The molecule has 2 aromatic rings. The molecule has 0 spiro atoms. The van der Waals surface area contributed by atoms with Crippen LogP contribution in [0, 0.1) is 10.1 Å². The molecular weight excluding hydrogens is 293 g/mol. The Balaban J connectivity index is 2.23. The lowest BCUT2D eigenvalue weighted by Gasteiger charge is -2.06. The number of rotatable bonds is 4. The molecule has 1 aromatic carbocycles. The van der Waals surface area contributed by atoms with Gasteiger partial charge in [-0.05, 0) is 6.07 Å². The van der Waals surface area contributed by atoms with Crippen LogP contribution in [0.4, 0.5) is 11.4 Å². The monoisotopic (exact) mass is 301 g/mol. The highest BCUT2D eigenvalue weighted by atomic mass is 35.5. The Morgan fingerprint density at radius 2 is 2.11 bits per heavy atom. The van der Waals surface area contributed by atoms with E-state index in [0.29, 0.717) is 5.82 Å². The van der Waals surface area contributed by atoms with Crippen LogP contribution >= 0.6 is 23.2 Å². The maximum Gasteiger partial charge on any atom is 0.293 e. The summed E-state index contributed by atoms with van der Waals surface area (Å²) in [5.41, 5.74) is 0.122. The fourth-order valence-electron chi connectivity index (χ4n) is 1.47. The summed E-state index contributed by atoms with van der Waals surface area (Å²) >= 11 is 11.6. The maximum absolute atomic E-state index is 10.9. The first kappa shape index (κ1) is 13.6. The number of halogens is 2. The van der Waals surface area contributed by atoms with Crippen LogP contribution in [0.1, 0.15) is 5.82 Å². The van der Waals surface area contributed by atoms with Crippen molar-refractivity contribution in [2.75, 3.05) is 5.32 Å². The number of hydrogen-bond acceptors (Lipinski definition) is 5. The Morgan fingerprint density at radius 3 is 2.68 bits per heavy atom. The molecular formula is C10H9Cl2N5O2. The lowest BCUT2D eigenvalue weighted by molar-refractivity contribution is -0.383. The summed E-state index contributed by atoms with van der Waals surface area (Å²) in [6.45, 7) is 0.250. The number of nitro benzene ring substituents is 1. The number of nitrogens with one attached hydrogen (secondary N) is 1. The van der Waals surface area contributed by atoms with E-state index in [0.717, 1.165) is 0 Å². The van der Waals surface area contributed by atoms with Crippen molar-refractivity contribution < 1.29 is 4.92 Å². The van der Waals surface area contributed by atoms with Crippen LogP contribution in [0.3, 0.4) is 0 Å². The summed E-state index contributed by atoms with van der Waals surface area (Å²) in [4.78, 5) is 14.4. The third-order valence-corrected chi connectivity index (χ3v) is 3.04. The zero-order valence-corrected chi connectivity index (χ0v) is 11.3. The zero-order valence-electron chi connectivity index (χ0n) is 9.80. The summed E-state index contributed by atoms with van der Waals surface area (Å²) in [5.74, 6) is 0.517. The predicted octanol–water partition coefficient (Wildman–Crippen LogP) is 2.64. The molecule has 0 unspecified atom stereocenters. The van der Waals surface area contributed by atoms with Gasteiger partial charge in [-0.25, -0.2) is 4.98 Å². The Labute approximate surface area is 118 Å². The van der Waals surface area contributed by atoms with Gasteiger partial charge in [0.05, 0.1) is 21.5 Å². The van der Waals surface area contributed by atoms with Crippen molar-refractivity contribution in [3.63, 3.8) is 0 Å². The molecule has 19 heavy (non-hydrogen) atoms. The number of hydrogen-bond donors (Lipinski definition) is 1. The highest BCUT2D eigenvalue weighted by Gasteiger charge is 2.17. The van der Waals surface area contributed by atoms with Crippen LogP contribution in [-0.2, 0) is 13.6 Å². The van der Waals surface area contributed by atoms with Gasteiger partial charge >= 0.3 is 0 Å². The molecule has 7 nitrogen and oxygen atoms in total. The van der Waals surface area contributed by atoms with Crippen LogP contribution in [0.5, 0.6) is 0 Å². The van der Waals surface area contributed by atoms with E-state index in [4.69, 9.17) is 23.2 Å². The van der Waals surface area contributed by atoms with Gasteiger partial charge in [0, 0.05) is 13.1 Å². The molecule has 0 aliphatic carbocycles. The zero-order chi connectivity index (χ0) is 14.0. The van der Waals surface area contributed by atoms with E-state index in [1.807, 2.05) is 0 Å². The van der Waals surface area contributed by atoms with E-state index in [1.54, 1.807) is 18.1 Å². The van der Waals surface area contributed by atoms with Crippen LogP contribution in [0.25, 0.3) is 0 Å². The van der Waals surface area contributed by atoms with E-state index in [1.165, 1.54) is 12.1 Å². The van der Waals surface area contributed by atoms with Crippen LogP contribution < -0.4 is 5.32 Å². The van der Waals surface area contributed by atoms with Gasteiger partial charge < -0.3 is 5.32 Å². The third-order valence-electron chi connectivity index (χ3n) is 2.32. The summed E-state index contributed by atoms with van der Waals surface area (Å²) in [6, 6.07) is 2.61. The number of nitrogens with zero attached hydrogens (tertiary/aromatic N) is 4. The minimum absolute atomic E-state index is 0.134. The van der Waals surface area contributed by atoms with Crippen LogP contribution in [0.2, 0.25) is 10.0 Å². The largest absolute Gasteiger partial charge is 0.372 e. The molecule has 0 radical (unpaired) electrons. The lowest BCUT2D eigenvalue weighted by atomic mass is 10.2. The molecule has 9 heteroatoms. The van der Waals surface area contributed by atoms with Gasteiger partial charge in [0.2, 0.25) is 0 Å². The van der Waals surface area contributed by atoms with E-state index < -0.39 is 4.92 Å². The molecule has 0 amide bonds. The van der Waals surface area contributed by atoms with Gasteiger partial charge in [-0.1, -0.05) is 23.2 Å². The van der Waals surface area contributed by atoms with Gasteiger partial charge in [0.1, 0.15) is 12.0 Å². The molecule has 1 heterocycles. The third kappa shape index (κ3) is 3.12. The molecule has 0 fully saturated rings. The number of nitro groups is 1. The fraction of sp³-hybridized carbons (Fsp3) is 0.200. The average molecular weight is 302 g/mol.